The smallest absolute Gasteiger partial charge is 0.262 e. The second-order valence-corrected chi connectivity index (χ2v) is 9.35. The molecule has 0 aliphatic rings. The van der Waals surface area contributed by atoms with Crippen LogP contribution in [0.2, 0.25) is 0 Å². The summed E-state index contributed by atoms with van der Waals surface area (Å²) in [6.07, 6.45) is 1.21. The zero-order valence-corrected chi connectivity index (χ0v) is 17.7. The van der Waals surface area contributed by atoms with E-state index < -0.39 is 26.8 Å². The number of amides is 1. The van der Waals surface area contributed by atoms with Gasteiger partial charge in [-0.15, -0.1) is 0 Å². The lowest BCUT2D eigenvalue weighted by atomic mass is 9.99. The van der Waals surface area contributed by atoms with Gasteiger partial charge in [-0.3, -0.25) is 14.6 Å². The molecule has 1 atom stereocenters. The molecule has 0 saturated carbocycles. The van der Waals surface area contributed by atoms with Crippen molar-refractivity contribution in [1.29, 1.82) is 0 Å². The van der Waals surface area contributed by atoms with Crippen molar-refractivity contribution in [3.05, 3.63) is 95.6 Å². The molecule has 0 aliphatic carbocycles. The number of hydrogen-bond donors (Lipinski definition) is 1. The normalized spacial score (nSPS) is 12.2. The number of carbonyl (C=O) groups excluding carboxylic acids is 2. The van der Waals surface area contributed by atoms with E-state index in [-0.39, 0.29) is 29.1 Å². The van der Waals surface area contributed by atoms with Crippen LogP contribution in [-0.2, 0) is 26.7 Å². The molecule has 160 valence electrons. The molecule has 3 aromatic rings. The summed E-state index contributed by atoms with van der Waals surface area (Å²) in [5.74, 6) is -1.29. The van der Waals surface area contributed by atoms with E-state index in [0.29, 0.717) is 5.69 Å². The first kappa shape index (κ1) is 22.6. The summed E-state index contributed by atoms with van der Waals surface area (Å²) in [7, 11) is 1.36. The van der Waals surface area contributed by atoms with Gasteiger partial charge in [0.25, 0.3) is 15.0 Å². The summed E-state index contributed by atoms with van der Waals surface area (Å²) in [5.41, 5.74) is 1.40. The van der Waals surface area contributed by atoms with Gasteiger partial charge in [-0.05, 0) is 48.4 Å². The molecule has 2 aromatic carbocycles. The summed E-state index contributed by atoms with van der Waals surface area (Å²) in [5, 5.41) is 2.70. The molecule has 9 heteroatoms. The van der Waals surface area contributed by atoms with Crippen LogP contribution in [0.5, 0.6) is 0 Å². The lowest BCUT2D eigenvalue weighted by Crippen LogP contribution is -2.43. The number of aromatic nitrogens is 1. The highest BCUT2D eigenvalue weighted by Gasteiger charge is 2.23. The maximum Gasteiger partial charge on any atom is 0.262 e. The van der Waals surface area contributed by atoms with E-state index in [2.05, 4.69) is 10.3 Å². The van der Waals surface area contributed by atoms with E-state index >= 15 is 0 Å². The standard InChI is InChI=1S/C22H18ClFN2O4S/c23-31(29,30)19-11-10-18(25-14-19)13-21(27)20(12-15-4-2-1-3-5-15)26-22(28)16-6-8-17(24)9-7-16/h1-11,14,20H,12-13H2,(H,26,28)/t20-/m0/s1. The monoisotopic (exact) mass is 460 g/mol. The minimum atomic E-state index is -3.91. The quantitative estimate of drug-likeness (QED) is 0.520. The number of pyridine rings is 1. The molecule has 31 heavy (non-hydrogen) atoms. The number of hydrogen-bond acceptors (Lipinski definition) is 5. The van der Waals surface area contributed by atoms with Crippen molar-refractivity contribution in [3.8, 4) is 0 Å². The molecule has 0 bridgehead atoms. The topological polar surface area (TPSA) is 93.2 Å². The number of nitrogens with one attached hydrogen (secondary N) is 1. The largest absolute Gasteiger partial charge is 0.342 e. The summed E-state index contributed by atoms with van der Waals surface area (Å²) in [4.78, 5) is 29.4. The van der Waals surface area contributed by atoms with Crippen molar-refractivity contribution >= 4 is 31.4 Å². The molecule has 0 unspecified atom stereocenters. The van der Waals surface area contributed by atoms with Crippen molar-refractivity contribution in [2.45, 2.75) is 23.8 Å². The maximum absolute atomic E-state index is 13.1. The number of carbonyl (C=O) groups is 2. The van der Waals surface area contributed by atoms with Gasteiger partial charge in [0.15, 0.2) is 5.78 Å². The third-order valence-corrected chi connectivity index (χ3v) is 5.86. The predicted octanol–water partition coefficient (Wildman–Crippen LogP) is 3.30. The van der Waals surface area contributed by atoms with E-state index in [0.717, 1.165) is 11.8 Å². The van der Waals surface area contributed by atoms with Gasteiger partial charge in [0.2, 0.25) is 0 Å². The average molecular weight is 461 g/mol. The molecule has 0 fully saturated rings. The van der Waals surface area contributed by atoms with Crippen LogP contribution < -0.4 is 5.32 Å². The summed E-state index contributed by atoms with van der Waals surface area (Å²) >= 11 is 0. The lowest BCUT2D eigenvalue weighted by Gasteiger charge is -2.18. The minimum Gasteiger partial charge on any atom is -0.342 e. The Morgan fingerprint density at radius 1 is 1.00 bits per heavy atom. The van der Waals surface area contributed by atoms with E-state index in [4.69, 9.17) is 10.7 Å². The Morgan fingerprint density at radius 2 is 1.68 bits per heavy atom. The minimum absolute atomic E-state index is 0.121. The number of benzene rings is 2. The van der Waals surface area contributed by atoms with Gasteiger partial charge in [0.1, 0.15) is 10.7 Å². The summed E-state index contributed by atoms with van der Waals surface area (Å²) in [6.45, 7) is 0. The molecule has 1 aromatic heterocycles. The molecule has 0 radical (unpaired) electrons. The Labute approximate surface area is 183 Å². The van der Waals surface area contributed by atoms with E-state index in [1.165, 1.54) is 36.4 Å². The molecule has 3 rings (SSSR count). The molecule has 1 heterocycles. The first-order valence-electron chi connectivity index (χ1n) is 9.25. The number of nitrogens with zero attached hydrogens (tertiary/aromatic N) is 1. The fraction of sp³-hybridized carbons (Fsp3) is 0.136. The van der Waals surface area contributed by atoms with Gasteiger partial charge in [0, 0.05) is 28.1 Å². The van der Waals surface area contributed by atoms with Crippen molar-refractivity contribution in [2.24, 2.45) is 0 Å². The highest BCUT2D eigenvalue weighted by molar-refractivity contribution is 8.13. The van der Waals surface area contributed by atoms with Crippen molar-refractivity contribution < 1.29 is 22.4 Å². The van der Waals surface area contributed by atoms with Crippen LogP contribution in [0.25, 0.3) is 0 Å². The zero-order chi connectivity index (χ0) is 22.4. The van der Waals surface area contributed by atoms with Gasteiger partial charge in [0.05, 0.1) is 12.5 Å². The maximum atomic E-state index is 13.1. The molecule has 6 nitrogen and oxygen atoms in total. The molecule has 0 aliphatic heterocycles. The highest BCUT2D eigenvalue weighted by atomic mass is 35.7. The SMILES string of the molecule is O=C(N[C@@H](Cc1ccccc1)C(=O)Cc1ccc(S(=O)(=O)Cl)cn1)c1ccc(F)cc1. The Kier molecular flexibility index (Phi) is 7.14. The zero-order valence-electron chi connectivity index (χ0n) is 16.2. The third-order valence-electron chi connectivity index (χ3n) is 4.52. The van der Waals surface area contributed by atoms with Crippen LogP contribution in [0, 0.1) is 5.82 Å². The Morgan fingerprint density at radius 3 is 2.26 bits per heavy atom. The van der Waals surface area contributed by atoms with Crippen molar-refractivity contribution in [2.75, 3.05) is 0 Å². The number of halogens is 2. The molecule has 1 amide bonds. The van der Waals surface area contributed by atoms with Crippen LogP contribution in [0.4, 0.5) is 4.39 Å². The Balaban J connectivity index is 1.78. The van der Waals surface area contributed by atoms with Gasteiger partial charge in [-0.25, -0.2) is 12.8 Å². The van der Waals surface area contributed by atoms with Crippen LogP contribution in [0.1, 0.15) is 21.6 Å². The third kappa shape index (κ3) is 6.44. The molecule has 1 N–H and O–H groups in total. The summed E-state index contributed by atoms with van der Waals surface area (Å²) < 4.78 is 35.8. The molecule has 0 saturated heterocycles. The van der Waals surface area contributed by atoms with Gasteiger partial charge >= 0.3 is 0 Å². The number of ketones is 1. The van der Waals surface area contributed by atoms with Gasteiger partial charge < -0.3 is 5.32 Å². The van der Waals surface area contributed by atoms with Crippen LogP contribution in [0.15, 0.2) is 77.8 Å². The Hall–Kier alpha value is -3.10. The molecular formula is C22H18ClFN2O4S. The number of Topliss-reactive ketones (excluding diaryl/α,β-unsaturated/α-hetero) is 1. The second kappa shape index (κ2) is 9.80. The van der Waals surface area contributed by atoms with Crippen LogP contribution in [-0.4, -0.2) is 31.1 Å². The van der Waals surface area contributed by atoms with Crippen molar-refractivity contribution in [1.82, 2.24) is 10.3 Å². The van der Waals surface area contributed by atoms with E-state index in [9.17, 15) is 22.4 Å². The summed E-state index contributed by atoms with van der Waals surface area (Å²) in [6, 6.07) is 16.0. The highest BCUT2D eigenvalue weighted by Crippen LogP contribution is 2.14. The predicted molar refractivity (Wildman–Crippen MR) is 114 cm³/mol. The van der Waals surface area contributed by atoms with Gasteiger partial charge in [-0.2, -0.15) is 0 Å². The fourth-order valence-corrected chi connectivity index (χ4v) is 3.58. The fourth-order valence-electron chi connectivity index (χ4n) is 2.90. The second-order valence-electron chi connectivity index (χ2n) is 6.79. The first-order chi connectivity index (χ1) is 14.7. The van der Waals surface area contributed by atoms with Crippen LogP contribution >= 0.6 is 10.7 Å². The lowest BCUT2D eigenvalue weighted by molar-refractivity contribution is -0.120. The number of rotatable bonds is 8. The van der Waals surface area contributed by atoms with Crippen LogP contribution in [0.3, 0.4) is 0 Å². The Bertz CT molecular complexity index is 1170. The van der Waals surface area contributed by atoms with E-state index in [1.807, 2.05) is 30.3 Å². The molecular weight excluding hydrogens is 443 g/mol. The van der Waals surface area contributed by atoms with Crippen molar-refractivity contribution in [3.63, 3.8) is 0 Å². The molecule has 0 spiro atoms. The average Bonchev–Trinajstić information content (AvgIpc) is 2.74. The van der Waals surface area contributed by atoms with Gasteiger partial charge in [-0.1, -0.05) is 30.3 Å². The first-order valence-corrected chi connectivity index (χ1v) is 11.6. The van der Waals surface area contributed by atoms with E-state index in [1.54, 1.807) is 0 Å².